The smallest absolute Gasteiger partial charge is 0.317 e. The molecule has 4 aliphatic heterocycles. The van der Waals surface area contributed by atoms with Crippen molar-refractivity contribution in [3.05, 3.63) is 69.8 Å². The fraction of sp³-hybridized carbons (Fsp3) is 0.524. The summed E-state index contributed by atoms with van der Waals surface area (Å²) >= 11 is 0. The van der Waals surface area contributed by atoms with E-state index in [0.717, 1.165) is 11.1 Å². The van der Waals surface area contributed by atoms with E-state index in [0.29, 0.717) is 58.2 Å². The molecule has 3 aromatic carbocycles. The van der Waals surface area contributed by atoms with Crippen LogP contribution < -0.4 is 34.9 Å². The number of carbonyl (C=O) groups is 2. The summed E-state index contributed by atoms with van der Waals surface area (Å²) in [6.07, 6.45) is -9.44. The van der Waals surface area contributed by atoms with E-state index in [9.17, 15) is 35.1 Å². The SMILES string of the molecule is CNCC(N)COC1OC(COC(=O)CC(=O)O)C(O)C(O)C1OOc1cc2c(cc1Cc1cccc(O)c1CO)OCC1c3cc4c(c(CC(C)C)c3OC21)OC(CO)O4. The first-order valence-corrected chi connectivity index (χ1v) is 20.0. The Hall–Kier alpha value is -4.96. The Balaban J connectivity index is 1.21. The van der Waals surface area contributed by atoms with Crippen LogP contribution in [0.4, 0.5) is 0 Å². The van der Waals surface area contributed by atoms with Crippen molar-refractivity contribution in [2.45, 2.75) is 94.8 Å². The van der Waals surface area contributed by atoms with Crippen LogP contribution in [0.3, 0.4) is 0 Å². The summed E-state index contributed by atoms with van der Waals surface area (Å²) in [5, 5.41) is 64.9. The summed E-state index contributed by atoms with van der Waals surface area (Å²) in [5.41, 5.74) is 9.74. The number of nitrogens with two attached hydrogens (primary N) is 1. The number of likely N-dealkylation sites (N-methyl/N-ethyl adjacent to an activating group) is 1. The van der Waals surface area contributed by atoms with Gasteiger partial charge < -0.3 is 79.7 Å². The zero-order valence-corrected chi connectivity index (χ0v) is 33.9. The van der Waals surface area contributed by atoms with Crippen LogP contribution in [0.5, 0.6) is 34.5 Å². The number of benzene rings is 3. The van der Waals surface area contributed by atoms with Gasteiger partial charge in [-0.1, -0.05) is 26.0 Å². The Labute approximate surface area is 350 Å². The molecule has 1 fully saturated rings. The number of aliphatic carboxylic acids is 1. The number of nitrogens with one attached hydrogen (secondary N) is 1. The van der Waals surface area contributed by atoms with E-state index in [4.69, 9.17) is 53.8 Å². The molecule has 0 spiro atoms. The normalized spacial score (nSPS) is 25.2. The monoisotopic (exact) mass is 856 g/mol. The van der Waals surface area contributed by atoms with Crippen molar-refractivity contribution in [3.63, 3.8) is 0 Å². The van der Waals surface area contributed by atoms with Crippen molar-refractivity contribution in [2.24, 2.45) is 11.7 Å². The van der Waals surface area contributed by atoms with Crippen LogP contribution in [-0.4, -0.2) is 126 Å². The number of aliphatic hydroxyl groups excluding tert-OH is 4. The molecule has 9 atom stereocenters. The highest BCUT2D eigenvalue weighted by Gasteiger charge is 2.49. The van der Waals surface area contributed by atoms with Gasteiger partial charge in [-0.05, 0) is 49.2 Å². The average molecular weight is 857 g/mol. The third-order valence-corrected chi connectivity index (χ3v) is 10.8. The Bertz CT molecular complexity index is 2060. The Morgan fingerprint density at radius 3 is 2.51 bits per heavy atom. The number of rotatable bonds is 18. The number of carbonyl (C=O) groups excluding carboxylic acids is 1. The molecular formula is C42H52N2O17. The largest absolute Gasteiger partial charge is 0.508 e. The van der Waals surface area contributed by atoms with Gasteiger partial charge in [0.05, 0.1) is 25.7 Å². The predicted molar refractivity (Wildman–Crippen MR) is 209 cm³/mol. The second-order valence-electron chi connectivity index (χ2n) is 15.8. The first kappa shape index (κ1) is 44.1. The lowest BCUT2D eigenvalue weighted by Crippen LogP contribution is -2.61. The maximum absolute atomic E-state index is 12.0. The van der Waals surface area contributed by atoms with Crippen LogP contribution in [-0.2, 0) is 48.1 Å². The van der Waals surface area contributed by atoms with Gasteiger partial charge in [0.25, 0.3) is 6.29 Å². The molecule has 0 amide bonds. The molecule has 0 bridgehead atoms. The van der Waals surface area contributed by atoms with Crippen LogP contribution in [0.25, 0.3) is 0 Å². The number of aliphatic hydroxyl groups is 4. The molecular weight excluding hydrogens is 804 g/mol. The zero-order valence-electron chi connectivity index (χ0n) is 33.9. The van der Waals surface area contributed by atoms with Crippen molar-refractivity contribution in [1.29, 1.82) is 0 Å². The minimum absolute atomic E-state index is 0.105. The van der Waals surface area contributed by atoms with Gasteiger partial charge >= 0.3 is 11.9 Å². The molecule has 3 aromatic rings. The minimum atomic E-state index is -1.76. The third-order valence-electron chi connectivity index (χ3n) is 10.8. The molecule has 61 heavy (non-hydrogen) atoms. The van der Waals surface area contributed by atoms with Crippen LogP contribution in [0, 0.1) is 5.92 Å². The molecule has 0 aromatic heterocycles. The Morgan fingerprint density at radius 1 is 0.984 bits per heavy atom. The lowest BCUT2D eigenvalue weighted by molar-refractivity contribution is -0.373. The highest BCUT2D eigenvalue weighted by Crippen LogP contribution is 2.58. The van der Waals surface area contributed by atoms with E-state index < -0.39 is 80.7 Å². The molecule has 0 aliphatic carbocycles. The average Bonchev–Trinajstić information content (AvgIpc) is 3.82. The van der Waals surface area contributed by atoms with E-state index in [-0.39, 0.29) is 49.6 Å². The lowest BCUT2D eigenvalue weighted by atomic mass is 9.86. The van der Waals surface area contributed by atoms with Crippen LogP contribution in [0.15, 0.2) is 36.4 Å². The Kier molecular flexibility index (Phi) is 13.7. The van der Waals surface area contributed by atoms with E-state index in [1.165, 1.54) is 6.07 Å². The molecule has 0 saturated carbocycles. The molecule has 1 saturated heterocycles. The van der Waals surface area contributed by atoms with Crippen LogP contribution >= 0.6 is 0 Å². The van der Waals surface area contributed by atoms with Gasteiger partial charge in [-0.3, -0.25) is 9.59 Å². The third kappa shape index (κ3) is 9.44. The summed E-state index contributed by atoms with van der Waals surface area (Å²) in [6, 6.07) is 9.57. The number of esters is 1. The molecule has 19 heteroatoms. The first-order chi connectivity index (χ1) is 29.3. The van der Waals surface area contributed by atoms with E-state index >= 15 is 0 Å². The van der Waals surface area contributed by atoms with Crippen molar-refractivity contribution in [2.75, 3.05) is 40.0 Å². The number of fused-ring (bicyclic) bond motifs is 6. The molecule has 4 aliphatic rings. The first-order valence-electron chi connectivity index (χ1n) is 20.0. The number of phenols is 1. The van der Waals surface area contributed by atoms with Gasteiger partial charge in [0.15, 0.2) is 29.6 Å². The topological polar surface area (TPSA) is 277 Å². The Morgan fingerprint density at radius 2 is 1.79 bits per heavy atom. The van der Waals surface area contributed by atoms with E-state index in [1.54, 1.807) is 31.3 Å². The minimum Gasteiger partial charge on any atom is -0.508 e. The fourth-order valence-electron chi connectivity index (χ4n) is 7.94. The summed E-state index contributed by atoms with van der Waals surface area (Å²) in [4.78, 5) is 35.0. The van der Waals surface area contributed by atoms with Crippen molar-refractivity contribution in [1.82, 2.24) is 5.32 Å². The molecule has 7 rings (SSSR count). The summed E-state index contributed by atoms with van der Waals surface area (Å²) < 4.78 is 41.9. The van der Waals surface area contributed by atoms with Gasteiger partial charge in [-0.15, -0.1) is 0 Å². The number of ether oxygens (including phenoxy) is 7. The van der Waals surface area contributed by atoms with Crippen molar-refractivity contribution >= 4 is 11.9 Å². The van der Waals surface area contributed by atoms with Gasteiger partial charge in [-0.25, -0.2) is 0 Å². The number of aromatic hydroxyl groups is 1. The molecule has 9 N–H and O–H groups in total. The summed E-state index contributed by atoms with van der Waals surface area (Å²) in [6.45, 7) is 3.23. The second kappa shape index (κ2) is 19.0. The van der Waals surface area contributed by atoms with E-state index in [1.807, 2.05) is 6.07 Å². The number of hydrogen-bond acceptors (Lipinski definition) is 18. The number of hydrogen-bond donors (Lipinski definition) is 8. The van der Waals surface area contributed by atoms with Crippen LogP contribution in [0.1, 0.15) is 65.7 Å². The molecule has 4 heterocycles. The van der Waals surface area contributed by atoms with Crippen molar-refractivity contribution < 1.29 is 83.2 Å². The molecule has 0 radical (unpaired) electrons. The quantitative estimate of drug-likeness (QED) is 0.0385. The van der Waals surface area contributed by atoms with Crippen molar-refractivity contribution in [3.8, 4) is 34.5 Å². The van der Waals surface area contributed by atoms with Gasteiger partial charge in [0, 0.05) is 46.8 Å². The molecule has 332 valence electrons. The van der Waals surface area contributed by atoms with Gasteiger partial charge in [-0.2, -0.15) is 4.89 Å². The second-order valence-corrected chi connectivity index (χ2v) is 15.8. The molecule has 19 nitrogen and oxygen atoms in total. The summed E-state index contributed by atoms with van der Waals surface area (Å²) in [5.74, 6) is -0.433. The van der Waals surface area contributed by atoms with Gasteiger partial charge in [0.2, 0.25) is 0 Å². The standard InChI is InChI=1S/C42H52N2O17/c1-19(2)7-25-38-23(10-31-40(25)58-35(15-46)56-31)27-17-53-30-9-21(8-20-5-4-6-28(47)26(20)14-45)29(11-24(30)39(27)59-38)60-61-41-37(52)36(51)32(18-54-34(50)12-33(48)49)57-42(41)55-16-22(43)13-44-3/h4-6,9-11,19,22,27,32,35-37,39,41-42,44-47,51-52H,7-8,12-18,43H2,1-3H3,(H,48,49). The molecule has 9 unspecified atom stereocenters. The number of carboxylic acid groups (broad SMARTS) is 1. The maximum atomic E-state index is 12.0. The van der Waals surface area contributed by atoms with Crippen LogP contribution in [0.2, 0.25) is 0 Å². The number of carboxylic acids is 1. The maximum Gasteiger partial charge on any atom is 0.317 e. The van der Waals surface area contributed by atoms with E-state index in [2.05, 4.69) is 19.2 Å². The highest BCUT2D eigenvalue weighted by atomic mass is 17.2. The fourth-order valence-corrected chi connectivity index (χ4v) is 7.94. The highest BCUT2D eigenvalue weighted by molar-refractivity contribution is 5.90. The predicted octanol–water partition coefficient (Wildman–Crippen LogP) is 1.08. The summed E-state index contributed by atoms with van der Waals surface area (Å²) in [7, 11) is 1.70. The zero-order chi connectivity index (χ0) is 43.5. The van der Waals surface area contributed by atoms with Gasteiger partial charge in [0.1, 0.15) is 61.3 Å². The lowest BCUT2D eigenvalue weighted by Gasteiger charge is -2.41.